The number of benzene rings is 8. The van der Waals surface area contributed by atoms with Crippen LogP contribution in [-0.4, -0.2) is 0 Å². The molecular weight excluding hydrogens is 717 g/mol. The molecule has 57 heavy (non-hydrogen) atoms. The van der Waals surface area contributed by atoms with Crippen molar-refractivity contribution in [3.63, 3.8) is 0 Å². The summed E-state index contributed by atoms with van der Waals surface area (Å²) in [6.07, 6.45) is 0. The first-order valence-electron chi connectivity index (χ1n) is 18.0. The van der Waals surface area contributed by atoms with Gasteiger partial charge in [-0.1, -0.05) is 60.7 Å². The van der Waals surface area contributed by atoms with Gasteiger partial charge in [-0.2, -0.15) is 0 Å². The molecule has 0 aliphatic heterocycles. The Morgan fingerprint density at radius 1 is 0.211 bits per heavy atom. The SMILES string of the molecule is Nc1ccccc1Oc1ccc(Oc2cccc(Oc3ccccc3Oc3ccccc3Oc3cccc(Oc4ccc(Oc5ccccc5N)cc4)c3)c2)cc1. The van der Waals surface area contributed by atoms with Gasteiger partial charge in [0.15, 0.2) is 23.0 Å². The third kappa shape index (κ3) is 9.37. The van der Waals surface area contributed by atoms with Crippen LogP contribution in [0.2, 0.25) is 0 Å². The van der Waals surface area contributed by atoms with E-state index in [4.69, 9.17) is 44.6 Å². The summed E-state index contributed by atoms with van der Waals surface area (Å²) < 4.78 is 43.1. The van der Waals surface area contributed by atoms with Crippen molar-refractivity contribution in [1.29, 1.82) is 0 Å². The van der Waals surface area contributed by atoms with E-state index in [-0.39, 0.29) is 0 Å². The Kier molecular flexibility index (Phi) is 10.7. The smallest absolute Gasteiger partial charge is 0.170 e. The van der Waals surface area contributed by atoms with E-state index in [2.05, 4.69) is 0 Å². The maximum atomic E-state index is 6.41. The molecule has 0 heterocycles. The average Bonchev–Trinajstić information content (AvgIpc) is 3.23. The maximum absolute atomic E-state index is 6.41. The molecule has 4 N–H and O–H groups in total. The molecule has 8 aromatic rings. The molecule has 0 aliphatic rings. The van der Waals surface area contributed by atoms with Crippen molar-refractivity contribution in [3.05, 3.63) is 194 Å². The summed E-state index contributed by atoms with van der Waals surface area (Å²) in [6.45, 7) is 0. The number of para-hydroxylation sites is 8. The molecule has 8 aromatic carbocycles. The second-order valence-corrected chi connectivity index (χ2v) is 12.6. The van der Waals surface area contributed by atoms with Crippen molar-refractivity contribution in [3.8, 4) is 80.5 Å². The van der Waals surface area contributed by atoms with Crippen LogP contribution < -0.4 is 44.6 Å². The van der Waals surface area contributed by atoms with Crippen LogP contribution in [0.1, 0.15) is 0 Å². The van der Waals surface area contributed by atoms with E-state index < -0.39 is 0 Å². The molecule has 0 radical (unpaired) electrons. The Morgan fingerprint density at radius 2 is 0.474 bits per heavy atom. The minimum atomic E-state index is 0.494. The molecule has 0 fully saturated rings. The van der Waals surface area contributed by atoms with Crippen LogP contribution in [0.25, 0.3) is 0 Å². The molecule has 0 unspecified atom stereocenters. The van der Waals surface area contributed by atoms with Crippen LogP contribution in [0.5, 0.6) is 80.5 Å². The van der Waals surface area contributed by atoms with Crippen LogP contribution in [-0.2, 0) is 0 Å². The van der Waals surface area contributed by atoms with Crippen LogP contribution in [0, 0.1) is 0 Å². The largest absolute Gasteiger partial charge is 0.457 e. The summed E-state index contributed by atoms with van der Waals surface area (Å²) in [7, 11) is 0. The summed E-state index contributed by atoms with van der Waals surface area (Å²) >= 11 is 0. The standard InChI is InChI=1S/C48H36N2O7/c49-41-15-1-3-17-43(41)53-35-27-23-33(24-28-35)51-37-11-9-13-39(31-37)55-45-19-5-7-21-47(45)57-48-22-8-6-20-46(48)56-40-14-10-12-38(32-40)52-34-25-29-36(30-26-34)54-44-18-4-2-16-42(44)50/h1-32H,49-50H2. The third-order valence-corrected chi connectivity index (χ3v) is 8.40. The predicted molar refractivity (Wildman–Crippen MR) is 221 cm³/mol. The van der Waals surface area contributed by atoms with Gasteiger partial charge in [0.2, 0.25) is 0 Å². The Bertz CT molecular complexity index is 2410. The highest BCUT2D eigenvalue weighted by molar-refractivity contribution is 5.55. The van der Waals surface area contributed by atoms with Crippen LogP contribution in [0.15, 0.2) is 194 Å². The Hall–Kier alpha value is -8.04. The van der Waals surface area contributed by atoms with E-state index >= 15 is 0 Å². The van der Waals surface area contributed by atoms with Gasteiger partial charge in [0.05, 0.1) is 11.4 Å². The first-order valence-corrected chi connectivity index (χ1v) is 18.0. The van der Waals surface area contributed by atoms with Crippen LogP contribution in [0.3, 0.4) is 0 Å². The lowest BCUT2D eigenvalue weighted by Gasteiger charge is -2.16. The van der Waals surface area contributed by atoms with Gasteiger partial charge in [-0.05, 0) is 121 Å². The second-order valence-electron chi connectivity index (χ2n) is 12.6. The molecule has 0 saturated heterocycles. The van der Waals surface area contributed by atoms with E-state index in [1.165, 1.54) is 0 Å². The van der Waals surface area contributed by atoms with E-state index in [1.54, 1.807) is 24.3 Å². The molecular formula is C48H36N2O7. The number of ether oxygens (including phenoxy) is 7. The molecule has 0 saturated carbocycles. The van der Waals surface area contributed by atoms with Crippen molar-refractivity contribution in [2.24, 2.45) is 0 Å². The number of anilines is 2. The molecule has 9 nitrogen and oxygen atoms in total. The van der Waals surface area contributed by atoms with Crippen molar-refractivity contribution in [1.82, 2.24) is 0 Å². The molecule has 0 aliphatic carbocycles. The lowest BCUT2D eigenvalue weighted by atomic mass is 10.2. The predicted octanol–water partition coefficient (Wildman–Crippen LogP) is 13.4. The van der Waals surface area contributed by atoms with Gasteiger partial charge in [-0.25, -0.2) is 0 Å². The molecule has 9 heteroatoms. The molecule has 0 bridgehead atoms. The number of hydrogen-bond acceptors (Lipinski definition) is 9. The van der Waals surface area contributed by atoms with Gasteiger partial charge >= 0.3 is 0 Å². The van der Waals surface area contributed by atoms with Crippen LogP contribution in [0.4, 0.5) is 11.4 Å². The highest BCUT2D eigenvalue weighted by atomic mass is 16.5. The summed E-state index contributed by atoms with van der Waals surface area (Å²) in [5.74, 6) is 8.04. The fraction of sp³-hybridized carbons (Fsp3) is 0. The topological polar surface area (TPSA) is 117 Å². The fourth-order valence-electron chi connectivity index (χ4n) is 5.64. The molecule has 0 atom stereocenters. The number of hydrogen-bond donors (Lipinski definition) is 2. The molecule has 8 rings (SSSR count). The summed E-state index contributed by atoms with van der Waals surface area (Å²) in [5, 5.41) is 0. The lowest BCUT2D eigenvalue weighted by molar-refractivity contribution is 0.392. The quantitative estimate of drug-likeness (QED) is 0.105. The maximum Gasteiger partial charge on any atom is 0.170 e. The zero-order valence-corrected chi connectivity index (χ0v) is 30.5. The highest BCUT2D eigenvalue weighted by Crippen LogP contribution is 2.41. The van der Waals surface area contributed by atoms with E-state index in [1.807, 2.05) is 170 Å². The third-order valence-electron chi connectivity index (χ3n) is 8.40. The monoisotopic (exact) mass is 752 g/mol. The van der Waals surface area contributed by atoms with Crippen molar-refractivity contribution < 1.29 is 33.2 Å². The normalized spacial score (nSPS) is 10.6. The highest BCUT2D eigenvalue weighted by Gasteiger charge is 2.13. The zero-order chi connectivity index (χ0) is 38.8. The second kappa shape index (κ2) is 17.0. The van der Waals surface area contributed by atoms with Gasteiger partial charge < -0.3 is 44.6 Å². The fourth-order valence-corrected chi connectivity index (χ4v) is 5.64. The van der Waals surface area contributed by atoms with Crippen molar-refractivity contribution in [2.75, 3.05) is 11.5 Å². The summed E-state index contributed by atoms with van der Waals surface area (Å²) in [6, 6.07) is 58.9. The number of nitrogen functional groups attached to an aromatic ring is 2. The Labute approximate surface area is 329 Å². The van der Waals surface area contributed by atoms with Gasteiger partial charge in [-0.3, -0.25) is 0 Å². The molecule has 0 aromatic heterocycles. The van der Waals surface area contributed by atoms with Crippen LogP contribution >= 0.6 is 0 Å². The molecule has 280 valence electrons. The van der Waals surface area contributed by atoms with Gasteiger partial charge in [0.1, 0.15) is 57.5 Å². The van der Waals surface area contributed by atoms with Gasteiger partial charge in [0.25, 0.3) is 0 Å². The minimum Gasteiger partial charge on any atom is -0.457 e. The lowest BCUT2D eigenvalue weighted by Crippen LogP contribution is -1.94. The van der Waals surface area contributed by atoms with Gasteiger partial charge in [-0.15, -0.1) is 0 Å². The summed E-state index contributed by atoms with van der Waals surface area (Å²) in [4.78, 5) is 0. The Morgan fingerprint density at radius 3 is 0.825 bits per heavy atom. The molecule has 0 spiro atoms. The number of nitrogens with two attached hydrogens (primary N) is 2. The van der Waals surface area contributed by atoms with E-state index in [0.717, 1.165) is 0 Å². The van der Waals surface area contributed by atoms with E-state index in [0.29, 0.717) is 91.9 Å². The zero-order valence-electron chi connectivity index (χ0n) is 30.5. The molecule has 0 amide bonds. The average molecular weight is 753 g/mol. The van der Waals surface area contributed by atoms with Crippen molar-refractivity contribution in [2.45, 2.75) is 0 Å². The first kappa shape index (κ1) is 36.0. The van der Waals surface area contributed by atoms with E-state index in [9.17, 15) is 0 Å². The minimum absolute atomic E-state index is 0.494. The van der Waals surface area contributed by atoms with Crippen molar-refractivity contribution >= 4 is 11.4 Å². The Balaban J connectivity index is 0.911. The van der Waals surface area contributed by atoms with Gasteiger partial charge in [0, 0.05) is 12.1 Å². The first-order chi connectivity index (χ1) is 28.0. The number of rotatable bonds is 14. The summed E-state index contributed by atoms with van der Waals surface area (Å²) in [5.41, 5.74) is 13.2.